The molecule has 0 fully saturated rings. The van der Waals surface area contributed by atoms with Crippen LogP contribution in [0.25, 0.3) is 11.1 Å². The molecule has 196 valence electrons. The Balaban J connectivity index is 1.82. The van der Waals surface area contributed by atoms with Crippen molar-refractivity contribution in [3.05, 3.63) is 82.9 Å². The molecule has 3 rings (SSSR count). The molecular formula is C26H28ClN3O5S2. The Morgan fingerprint density at radius 3 is 2.43 bits per heavy atom. The highest BCUT2D eigenvalue weighted by Crippen LogP contribution is 2.29. The van der Waals surface area contributed by atoms with E-state index in [0.29, 0.717) is 51.4 Å². The molecule has 3 aromatic carbocycles. The first-order valence-electron chi connectivity index (χ1n) is 11.4. The minimum atomic E-state index is -4.19. The second kappa shape index (κ2) is 13.0. The van der Waals surface area contributed by atoms with E-state index < -0.39 is 15.3 Å². The molecule has 0 spiro atoms. The first-order chi connectivity index (χ1) is 17.6. The van der Waals surface area contributed by atoms with E-state index in [2.05, 4.69) is 14.8 Å². The molecule has 0 bridgehead atoms. The number of benzene rings is 3. The summed E-state index contributed by atoms with van der Waals surface area (Å²) in [6.45, 7) is 3.92. The maximum absolute atomic E-state index is 13.2. The first kappa shape index (κ1) is 28.5. The van der Waals surface area contributed by atoms with Crippen LogP contribution in [0.3, 0.4) is 0 Å². The Morgan fingerprint density at radius 1 is 1.03 bits per heavy atom. The fourth-order valence-electron chi connectivity index (χ4n) is 3.43. The quantitative estimate of drug-likeness (QED) is 0.297. The molecule has 11 heteroatoms. The van der Waals surface area contributed by atoms with E-state index in [0.717, 1.165) is 0 Å². The molecule has 0 saturated heterocycles. The van der Waals surface area contributed by atoms with E-state index in [1.54, 1.807) is 48.5 Å². The molecule has 8 nitrogen and oxygen atoms in total. The normalized spacial score (nSPS) is 11.3. The van der Waals surface area contributed by atoms with Crippen LogP contribution < -0.4 is 19.5 Å². The van der Waals surface area contributed by atoms with Crippen molar-refractivity contribution in [3.63, 3.8) is 0 Å². The van der Waals surface area contributed by atoms with Gasteiger partial charge in [-0.2, -0.15) is 0 Å². The van der Waals surface area contributed by atoms with Crippen molar-refractivity contribution in [2.24, 2.45) is 0 Å². The Bertz CT molecular complexity index is 1370. The van der Waals surface area contributed by atoms with Gasteiger partial charge in [-0.3, -0.25) is 14.3 Å². The van der Waals surface area contributed by atoms with Crippen LogP contribution in [0.1, 0.15) is 29.8 Å². The minimum Gasteiger partial charge on any atom is -0.496 e. The molecule has 0 aliphatic heterocycles. The summed E-state index contributed by atoms with van der Waals surface area (Å²) in [5.41, 5.74) is 2.11. The monoisotopic (exact) mass is 561 g/mol. The van der Waals surface area contributed by atoms with Crippen molar-refractivity contribution in [2.45, 2.75) is 31.2 Å². The Morgan fingerprint density at radius 2 is 1.76 bits per heavy atom. The van der Waals surface area contributed by atoms with Gasteiger partial charge >= 0.3 is 5.24 Å². The summed E-state index contributed by atoms with van der Waals surface area (Å²) in [6, 6.07) is 18.8. The third-order valence-corrected chi connectivity index (χ3v) is 7.74. The molecule has 0 radical (unpaired) electrons. The summed E-state index contributed by atoms with van der Waals surface area (Å²) >= 11 is 6.70. The Labute approximate surface area is 226 Å². The van der Waals surface area contributed by atoms with E-state index in [4.69, 9.17) is 16.3 Å². The smallest absolute Gasteiger partial charge is 0.307 e. The number of ether oxygens (including phenoxy) is 1. The van der Waals surface area contributed by atoms with Crippen LogP contribution in [-0.2, 0) is 16.4 Å². The number of halogens is 1. The second-order valence-electron chi connectivity index (χ2n) is 8.31. The van der Waals surface area contributed by atoms with Crippen LogP contribution in [0.5, 0.6) is 5.75 Å². The van der Waals surface area contributed by atoms with Gasteiger partial charge in [-0.1, -0.05) is 54.1 Å². The molecule has 0 atom stereocenters. The molecule has 3 aromatic rings. The van der Waals surface area contributed by atoms with Gasteiger partial charge < -0.3 is 10.1 Å². The Kier molecular flexibility index (Phi) is 9.99. The fourth-order valence-corrected chi connectivity index (χ4v) is 5.55. The topological polar surface area (TPSA) is 114 Å². The van der Waals surface area contributed by atoms with E-state index in [1.165, 1.54) is 19.2 Å². The molecule has 0 saturated carbocycles. The molecule has 0 aliphatic carbocycles. The zero-order valence-electron chi connectivity index (χ0n) is 20.6. The Hall–Kier alpha value is -3.05. The van der Waals surface area contributed by atoms with E-state index in [9.17, 15) is 18.0 Å². The van der Waals surface area contributed by atoms with Gasteiger partial charge in [0.15, 0.2) is 0 Å². The number of hydrogen-bond donors (Lipinski definition) is 3. The molecule has 0 heterocycles. The fraction of sp³-hybridized carbons (Fsp3) is 0.231. The molecule has 3 N–H and O–H groups in total. The zero-order chi connectivity index (χ0) is 27.0. The average Bonchev–Trinajstić information content (AvgIpc) is 2.87. The molecule has 37 heavy (non-hydrogen) atoms. The van der Waals surface area contributed by atoms with Crippen LogP contribution >= 0.6 is 23.5 Å². The minimum absolute atomic E-state index is 0.0104. The molecule has 2 amide bonds. The van der Waals surface area contributed by atoms with Gasteiger partial charge in [0.2, 0.25) is 0 Å². The van der Waals surface area contributed by atoms with Gasteiger partial charge in [-0.05, 0) is 55.7 Å². The van der Waals surface area contributed by atoms with Crippen molar-refractivity contribution < 1.29 is 22.7 Å². The van der Waals surface area contributed by atoms with Crippen molar-refractivity contribution in [3.8, 4) is 16.9 Å². The third-order valence-electron chi connectivity index (χ3n) is 5.13. The summed E-state index contributed by atoms with van der Waals surface area (Å²) in [5.74, 6) is 0.0260. The maximum atomic E-state index is 13.2. The predicted molar refractivity (Wildman–Crippen MR) is 147 cm³/mol. The lowest BCUT2D eigenvalue weighted by Gasteiger charge is -2.15. The van der Waals surface area contributed by atoms with Gasteiger partial charge in [-0.15, -0.1) is 0 Å². The van der Waals surface area contributed by atoms with E-state index >= 15 is 0 Å². The van der Waals surface area contributed by atoms with Crippen LogP contribution in [0, 0.1) is 0 Å². The SMILES string of the molecule is COc1ccc(Cl)cc1C(=O)NCCc1ccc(-c2ccccc2)c(S(=O)(=O)NC(=O)SNC(C)C)c1. The number of amides is 2. The highest BCUT2D eigenvalue weighted by Gasteiger charge is 2.23. The van der Waals surface area contributed by atoms with E-state index in [1.807, 2.05) is 19.9 Å². The van der Waals surface area contributed by atoms with Gasteiger partial charge in [0, 0.05) is 35.1 Å². The van der Waals surface area contributed by atoms with Crippen molar-refractivity contribution >= 4 is 44.7 Å². The van der Waals surface area contributed by atoms with Crippen LogP contribution in [0.4, 0.5) is 4.79 Å². The van der Waals surface area contributed by atoms with Gasteiger partial charge in [-0.25, -0.2) is 13.1 Å². The number of hydrogen-bond acceptors (Lipinski definition) is 7. The van der Waals surface area contributed by atoms with Crippen LogP contribution in [-0.4, -0.2) is 39.3 Å². The average molecular weight is 562 g/mol. The third kappa shape index (κ3) is 7.96. The van der Waals surface area contributed by atoms with Crippen LogP contribution in [0.2, 0.25) is 5.02 Å². The molecular weight excluding hydrogens is 534 g/mol. The van der Waals surface area contributed by atoms with Crippen molar-refractivity contribution in [1.29, 1.82) is 0 Å². The zero-order valence-corrected chi connectivity index (χ0v) is 23.0. The molecule has 0 unspecified atom stereocenters. The number of sulfonamides is 1. The van der Waals surface area contributed by atoms with Crippen LogP contribution in [0.15, 0.2) is 71.6 Å². The van der Waals surface area contributed by atoms with Crippen molar-refractivity contribution in [1.82, 2.24) is 14.8 Å². The number of methoxy groups -OCH3 is 1. The lowest BCUT2D eigenvalue weighted by atomic mass is 10.0. The van der Waals surface area contributed by atoms with Crippen molar-refractivity contribution in [2.75, 3.05) is 13.7 Å². The molecule has 0 aliphatic rings. The maximum Gasteiger partial charge on any atom is 0.307 e. The number of nitrogens with one attached hydrogen (secondary N) is 3. The second-order valence-corrected chi connectivity index (χ2v) is 11.2. The lowest BCUT2D eigenvalue weighted by Crippen LogP contribution is -2.31. The molecule has 0 aromatic heterocycles. The van der Waals surface area contributed by atoms with Gasteiger partial charge in [0.1, 0.15) is 5.75 Å². The highest BCUT2D eigenvalue weighted by molar-refractivity contribution is 8.13. The number of carbonyl (C=O) groups is 2. The predicted octanol–water partition coefficient (Wildman–Crippen LogP) is 5.03. The first-order valence-corrected chi connectivity index (χ1v) is 14.1. The summed E-state index contributed by atoms with van der Waals surface area (Å²) in [7, 11) is -2.72. The number of carbonyl (C=O) groups excluding carboxylic acids is 2. The van der Waals surface area contributed by atoms with Gasteiger partial charge in [0.25, 0.3) is 15.9 Å². The number of rotatable bonds is 10. The largest absolute Gasteiger partial charge is 0.496 e. The lowest BCUT2D eigenvalue weighted by molar-refractivity contribution is 0.0951. The summed E-state index contributed by atoms with van der Waals surface area (Å²) < 4.78 is 36.6. The standard InChI is InChI=1S/C26H28ClN3O5S2/c1-17(2)29-36-26(32)30-37(33,34)24-15-18(9-11-21(24)19-7-5-4-6-8-19)13-14-28-25(31)22-16-20(27)10-12-23(22)35-3/h4-12,15-17,29H,13-14H2,1-3H3,(H,28,31)(H,30,32). The van der Waals surface area contributed by atoms with Gasteiger partial charge in [0.05, 0.1) is 17.6 Å². The summed E-state index contributed by atoms with van der Waals surface area (Å²) in [5, 5.41) is 2.47. The highest BCUT2D eigenvalue weighted by atomic mass is 35.5. The van der Waals surface area contributed by atoms with E-state index in [-0.39, 0.29) is 23.4 Å². The summed E-state index contributed by atoms with van der Waals surface area (Å²) in [4.78, 5) is 24.9. The summed E-state index contributed by atoms with van der Waals surface area (Å²) in [6.07, 6.45) is 0.351.